The molecule has 130 valence electrons. The SMILES string of the molecule is CC/C=C1\c2ccccc2-c2c(-c3ccccc3)c(C)c3ccccc3c21. The summed E-state index contributed by atoms with van der Waals surface area (Å²) in [6.07, 6.45) is 3.42. The van der Waals surface area contributed by atoms with Gasteiger partial charge in [0.15, 0.2) is 0 Å². The van der Waals surface area contributed by atoms with Gasteiger partial charge >= 0.3 is 0 Å². The molecule has 4 aromatic carbocycles. The molecule has 0 saturated heterocycles. The Labute approximate surface area is 160 Å². The van der Waals surface area contributed by atoms with Crippen LogP contribution < -0.4 is 0 Å². The summed E-state index contributed by atoms with van der Waals surface area (Å²) >= 11 is 0. The summed E-state index contributed by atoms with van der Waals surface area (Å²) in [5, 5.41) is 2.71. The monoisotopic (exact) mass is 346 g/mol. The maximum atomic E-state index is 2.39. The number of rotatable bonds is 2. The first-order valence-electron chi connectivity index (χ1n) is 9.72. The van der Waals surface area contributed by atoms with E-state index in [0.717, 1.165) is 6.42 Å². The highest BCUT2D eigenvalue weighted by atomic mass is 14.3. The highest BCUT2D eigenvalue weighted by Crippen LogP contribution is 2.53. The highest BCUT2D eigenvalue weighted by Gasteiger charge is 2.29. The van der Waals surface area contributed by atoms with E-state index in [2.05, 4.69) is 98.8 Å². The second kappa shape index (κ2) is 6.25. The molecule has 0 radical (unpaired) electrons. The van der Waals surface area contributed by atoms with Crippen molar-refractivity contribution in [1.29, 1.82) is 0 Å². The molecule has 0 saturated carbocycles. The molecular weight excluding hydrogens is 324 g/mol. The zero-order valence-electron chi connectivity index (χ0n) is 15.8. The number of benzene rings is 4. The first-order chi connectivity index (χ1) is 13.3. The van der Waals surface area contributed by atoms with Gasteiger partial charge in [-0.2, -0.15) is 0 Å². The molecule has 0 atom stereocenters. The Morgan fingerprint density at radius 2 is 1.26 bits per heavy atom. The van der Waals surface area contributed by atoms with E-state index in [-0.39, 0.29) is 0 Å². The maximum Gasteiger partial charge on any atom is -0.00113 e. The average molecular weight is 346 g/mol. The minimum absolute atomic E-state index is 1.03. The molecule has 1 aliphatic carbocycles. The Hall–Kier alpha value is -3.12. The second-order valence-corrected chi connectivity index (χ2v) is 7.23. The van der Waals surface area contributed by atoms with E-state index in [1.165, 1.54) is 55.3 Å². The van der Waals surface area contributed by atoms with Crippen molar-refractivity contribution in [2.75, 3.05) is 0 Å². The van der Waals surface area contributed by atoms with Crippen LogP contribution in [0.15, 0.2) is 84.9 Å². The minimum Gasteiger partial charge on any atom is -0.0763 e. The van der Waals surface area contributed by atoms with Gasteiger partial charge in [-0.25, -0.2) is 0 Å². The van der Waals surface area contributed by atoms with Crippen molar-refractivity contribution in [3.8, 4) is 22.3 Å². The van der Waals surface area contributed by atoms with Crippen molar-refractivity contribution < 1.29 is 0 Å². The zero-order valence-corrected chi connectivity index (χ0v) is 15.8. The van der Waals surface area contributed by atoms with Crippen LogP contribution in [0.25, 0.3) is 38.6 Å². The molecule has 27 heavy (non-hydrogen) atoms. The Kier molecular flexibility index (Phi) is 3.72. The lowest BCUT2D eigenvalue weighted by Crippen LogP contribution is -1.94. The molecule has 0 spiro atoms. The third-order valence-electron chi connectivity index (χ3n) is 5.70. The summed E-state index contributed by atoms with van der Waals surface area (Å²) in [5.74, 6) is 0. The Bertz CT molecular complexity index is 1190. The zero-order chi connectivity index (χ0) is 18.4. The topological polar surface area (TPSA) is 0 Å². The van der Waals surface area contributed by atoms with Crippen LogP contribution in [0, 0.1) is 6.92 Å². The average Bonchev–Trinajstić information content (AvgIpc) is 3.04. The van der Waals surface area contributed by atoms with Gasteiger partial charge < -0.3 is 0 Å². The molecule has 4 aromatic rings. The largest absolute Gasteiger partial charge is 0.0763 e. The van der Waals surface area contributed by atoms with Crippen LogP contribution in [0.1, 0.15) is 30.0 Å². The van der Waals surface area contributed by atoms with Crippen LogP contribution in [-0.4, -0.2) is 0 Å². The van der Waals surface area contributed by atoms with Crippen LogP contribution in [0.5, 0.6) is 0 Å². The summed E-state index contributed by atoms with van der Waals surface area (Å²) in [4.78, 5) is 0. The molecule has 0 unspecified atom stereocenters. The summed E-state index contributed by atoms with van der Waals surface area (Å²) in [6, 6.07) is 28.6. The highest BCUT2D eigenvalue weighted by molar-refractivity contribution is 6.16. The van der Waals surface area contributed by atoms with Crippen LogP contribution in [0.4, 0.5) is 0 Å². The first-order valence-corrected chi connectivity index (χ1v) is 9.72. The van der Waals surface area contributed by atoms with Gasteiger partial charge in [0.05, 0.1) is 0 Å². The smallest absolute Gasteiger partial charge is 0.00113 e. The molecule has 0 nitrogen and oxygen atoms in total. The van der Waals surface area contributed by atoms with Crippen molar-refractivity contribution in [3.63, 3.8) is 0 Å². The molecule has 0 bridgehead atoms. The Morgan fingerprint density at radius 1 is 0.630 bits per heavy atom. The van der Waals surface area contributed by atoms with Crippen molar-refractivity contribution in [2.45, 2.75) is 20.3 Å². The second-order valence-electron chi connectivity index (χ2n) is 7.23. The molecular formula is C27H22. The molecule has 0 aliphatic heterocycles. The lowest BCUT2D eigenvalue weighted by Gasteiger charge is -2.18. The molecule has 0 aromatic heterocycles. The Morgan fingerprint density at radius 3 is 2.00 bits per heavy atom. The molecule has 0 amide bonds. The maximum absolute atomic E-state index is 2.39. The minimum atomic E-state index is 1.03. The van der Waals surface area contributed by atoms with Gasteiger partial charge in [0.25, 0.3) is 0 Å². The summed E-state index contributed by atoms with van der Waals surface area (Å²) in [6.45, 7) is 4.50. The van der Waals surface area contributed by atoms with E-state index >= 15 is 0 Å². The van der Waals surface area contributed by atoms with Crippen molar-refractivity contribution in [3.05, 3.63) is 102 Å². The van der Waals surface area contributed by atoms with Gasteiger partial charge in [-0.15, -0.1) is 0 Å². The van der Waals surface area contributed by atoms with Crippen LogP contribution in [-0.2, 0) is 0 Å². The number of aryl methyl sites for hydroxylation is 1. The van der Waals surface area contributed by atoms with Gasteiger partial charge in [-0.05, 0) is 68.6 Å². The fraction of sp³-hybridized carbons (Fsp3) is 0.111. The molecule has 0 N–H and O–H groups in total. The summed E-state index contributed by atoms with van der Waals surface area (Å²) < 4.78 is 0. The number of hydrogen-bond donors (Lipinski definition) is 0. The molecule has 5 rings (SSSR count). The molecule has 0 heterocycles. The van der Waals surface area contributed by atoms with Gasteiger partial charge in [0.1, 0.15) is 0 Å². The quantitative estimate of drug-likeness (QED) is 0.308. The summed E-state index contributed by atoms with van der Waals surface area (Å²) in [5.41, 5.74) is 10.9. The van der Waals surface area contributed by atoms with Crippen LogP contribution in [0.2, 0.25) is 0 Å². The fourth-order valence-corrected chi connectivity index (χ4v) is 4.61. The van der Waals surface area contributed by atoms with Gasteiger partial charge in [-0.3, -0.25) is 0 Å². The van der Waals surface area contributed by atoms with Crippen molar-refractivity contribution >= 4 is 16.3 Å². The van der Waals surface area contributed by atoms with E-state index in [1.54, 1.807) is 0 Å². The van der Waals surface area contributed by atoms with Gasteiger partial charge in [0.2, 0.25) is 0 Å². The van der Waals surface area contributed by atoms with Crippen molar-refractivity contribution in [1.82, 2.24) is 0 Å². The molecule has 0 fully saturated rings. The standard InChI is InChI=1S/C27H22/c1-3-11-22-21-15-8-10-17-24(21)27-25(19-12-5-4-6-13-19)18(2)20-14-7-9-16-23(20)26(22)27/h4-17H,3H2,1-2H3/b22-11+. The van der Waals surface area contributed by atoms with E-state index in [9.17, 15) is 0 Å². The predicted molar refractivity (Wildman–Crippen MR) is 117 cm³/mol. The third kappa shape index (κ3) is 2.30. The molecule has 0 heteroatoms. The van der Waals surface area contributed by atoms with Crippen LogP contribution in [0.3, 0.4) is 0 Å². The van der Waals surface area contributed by atoms with Crippen LogP contribution >= 0.6 is 0 Å². The lowest BCUT2D eigenvalue weighted by atomic mass is 9.85. The number of allylic oxidation sites excluding steroid dienone is 1. The molecule has 1 aliphatic rings. The first kappa shape index (κ1) is 16.1. The summed E-state index contributed by atoms with van der Waals surface area (Å²) in [7, 11) is 0. The Balaban J connectivity index is 2.03. The number of fused-ring (bicyclic) bond motifs is 5. The van der Waals surface area contributed by atoms with Gasteiger partial charge in [-0.1, -0.05) is 91.9 Å². The van der Waals surface area contributed by atoms with E-state index in [4.69, 9.17) is 0 Å². The van der Waals surface area contributed by atoms with Crippen molar-refractivity contribution in [2.24, 2.45) is 0 Å². The normalized spacial score (nSPS) is 13.8. The lowest BCUT2D eigenvalue weighted by molar-refractivity contribution is 1.23. The number of hydrogen-bond acceptors (Lipinski definition) is 0. The van der Waals surface area contributed by atoms with E-state index in [0.29, 0.717) is 0 Å². The van der Waals surface area contributed by atoms with Gasteiger partial charge in [0, 0.05) is 0 Å². The van der Waals surface area contributed by atoms with E-state index < -0.39 is 0 Å². The predicted octanol–water partition coefficient (Wildman–Crippen LogP) is 7.64. The van der Waals surface area contributed by atoms with E-state index in [1.807, 2.05) is 0 Å². The fourth-order valence-electron chi connectivity index (χ4n) is 4.61. The third-order valence-corrected chi connectivity index (χ3v) is 5.70.